The number of benzene rings is 4. The zero-order valence-corrected chi connectivity index (χ0v) is 33.5. The van der Waals surface area contributed by atoms with E-state index in [4.69, 9.17) is 10.6 Å². The molecule has 5 rings (SSSR count). The van der Waals surface area contributed by atoms with Crippen LogP contribution in [0.1, 0.15) is 152 Å². The van der Waals surface area contributed by atoms with Crippen molar-refractivity contribution in [3.8, 4) is 11.1 Å². The molecule has 0 saturated carbocycles. The molecule has 0 spiro atoms. The maximum Gasteiger partial charge on any atom is 4.00 e. The molecule has 0 fully saturated rings. The van der Waals surface area contributed by atoms with Gasteiger partial charge in [0.1, 0.15) is 0 Å². The summed E-state index contributed by atoms with van der Waals surface area (Å²) in [5.74, 6) is 1.53. The predicted molar refractivity (Wildman–Crippen MR) is 203 cm³/mol. The van der Waals surface area contributed by atoms with Crippen LogP contribution in [0.5, 0.6) is 0 Å². The van der Waals surface area contributed by atoms with Crippen molar-refractivity contribution in [2.45, 2.75) is 131 Å². The molecule has 0 heterocycles. The van der Waals surface area contributed by atoms with Gasteiger partial charge in [-0.1, -0.05) is 201 Å². The molecule has 4 aromatic rings. The first-order chi connectivity index (χ1) is 22.6. The topological polar surface area (TPSA) is 74.3 Å². The van der Waals surface area contributed by atoms with E-state index >= 15 is 0 Å². The van der Waals surface area contributed by atoms with Crippen molar-refractivity contribution in [3.05, 3.63) is 129 Å². The van der Waals surface area contributed by atoms with Crippen molar-refractivity contribution in [1.82, 2.24) is 0 Å². The Labute approximate surface area is 313 Å². The van der Waals surface area contributed by atoms with Crippen LogP contribution in [0.2, 0.25) is 0 Å². The Bertz CT molecular complexity index is 1410. The third-order valence-electron chi connectivity index (χ3n) is 8.37. The van der Waals surface area contributed by atoms with Gasteiger partial charge in [-0.15, -0.1) is 35.7 Å². The van der Waals surface area contributed by atoms with Gasteiger partial charge in [0.15, 0.2) is 0 Å². The van der Waals surface area contributed by atoms with Crippen LogP contribution in [-0.2, 0) is 21.7 Å². The zero-order chi connectivity index (χ0) is 35.7. The van der Waals surface area contributed by atoms with E-state index in [9.17, 15) is 10.2 Å². The molecule has 0 amide bonds. The van der Waals surface area contributed by atoms with Gasteiger partial charge in [-0.3, -0.25) is 0 Å². The van der Waals surface area contributed by atoms with E-state index in [0.717, 1.165) is 11.4 Å². The van der Waals surface area contributed by atoms with E-state index in [1.165, 1.54) is 44.5 Å². The zero-order valence-electron chi connectivity index (χ0n) is 31.9. The Morgan fingerprint density at radius 1 is 0.408 bits per heavy atom. The van der Waals surface area contributed by atoms with Crippen LogP contribution in [0.25, 0.3) is 21.8 Å². The monoisotopic (exact) mass is 694 g/mol. The molecule has 260 valence electrons. The van der Waals surface area contributed by atoms with E-state index in [1.54, 1.807) is 27.7 Å². The fourth-order valence-electron chi connectivity index (χ4n) is 6.22. The minimum atomic E-state index is -0.417. The standard InChI is InChI=1S/C38H44N2.2C3H7O.Ti/c1-23(2)27-19-13-20-28(24(3)4)35(27)39-37-33-17-11-9-15-31(33)32-16-10-12-18-34(32)38(37)40-36-29(25(5)6)21-14-22-30(36)26(7)8;2*1-3(2)4;/h9-26,37-38H,1-8H3;2*3H,1-2H3;/q-2;2*-1;+4/t37-,38+;;;. The number of rotatable bonds is 8. The third kappa shape index (κ3) is 11.1. The minimum absolute atomic E-state index is 0. The molecule has 1 aliphatic carbocycles. The number of fused-ring (bicyclic) bond motifs is 3. The quantitative estimate of drug-likeness (QED) is 0.172. The summed E-state index contributed by atoms with van der Waals surface area (Å²) in [5, 5.41) is 30.5. The third-order valence-corrected chi connectivity index (χ3v) is 8.37. The molecule has 4 aromatic carbocycles. The summed E-state index contributed by atoms with van der Waals surface area (Å²) in [6.45, 7) is 24.7. The SMILES string of the molecule is CC(C)[O-].CC(C)[O-].CC(C)c1cccc(C(C)C)c1[N-][C@@H]1c2ccccc2-c2ccccc2[C@@H]1[N-]c1c(C(C)C)cccc1C(C)C.[Ti+4]. The van der Waals surface area contributed by atoms with Gasteiger partial charge in [-0.2, -0.15) is 0 Å². The van der Waals surface area contributed by atoms with Crippen molar-refractivity contribution in [1.29, 1.82) is 0 Å². The molecular weight excluding hydrogens is 636 g/mol. The van der Waals surface area contributed by atoms with E-state index in [0.29, 0.717) is 23.7 Å². The Hall–Kier alpha value is -2.89. The van der Waals surface area contributed by atoms with E-state index in [2.05, 4.69) is 140 Å². The van der Waals surface area contributed by atoms with Crippen LogP contribution in [0.4, 0.5) is 11.4 Å². The van der Waals surface area contributed by atoms with Crippen molar-refractivity contribution in [3.63, 3.8) is 0 Å². The second kappa shape index (κ2) is 19.5. The summed E-state index contributed by atoms with van der Waals surface area (Å²) < 4.78 is 0. The molecule has 4 nitrogen and oxygen atoms in total. The van der Waals surface area contributed by atoms with Gasteiger partial charge < -0.3 is 20.8 Å². The molecule has 49 heavy (non-hydrogen) atoms. The van der Waals surface area contributed by atoms with Crippen molar-refractivity contribution < 1.29 is 31.9 Å². The average Bonchev–Trinajstić information content (AvgIpc) is 3.01. The molecular formula is C44H58N2O2Ti. The number of hydrogen-bond donors (Lipinski definition) is 0. The molecule has 0 radical (unpaired) electrons. The van der Waals surface area contributed by atoms with Gasteiger partial charge in [0, 0.05) is 0 Å². The van der Waals surface area contributed by atoms with Gasteiger partial charge in [0.05, 0.1) is 0 Å². The van der Waals surface area contributed by atoms with E-state index < -0.39 is 12.2 Å². The predicted octanol–water partition coefficient (Wildman–Crippen LogP) is 11.9. The van der Waals surface area contributed by atoms with E-state index in [1.807, 2.05) is 0 Å². The molecule has 0 aromatic heterocycles. The van der Waals surface area contributed by atoms with Crippen LogP contribution >= 0.6 is 0 Å². The first-order valence-corrected chi connectivity index (χ1v) is 17.8. The van der Waals surface area contributed by atoms with Crippen LogP contribution in [0.3, 0.4) is 0 Å². The maximum atomic E-state index is 9.53. The summed E-state index contributed by atoms with van der Waals surface area (Å²) in [6, 6.07) is 30.9. The number of hydrogen-bond acceptors (Lipinski definition) is 2. The smallest absolute Gasteiger partial charge is 0.852 e. The van der Waals surface area contributed by atoms with Gasteiger partial charge in [-0.25, -0.2) is 0 Å². The fourth-order valence-corrected chi connectivity index (χ4v) is 6.22. The Kier molecular flexibility index (Phi) is 16.8. The van der Waals surface area contributed by atoms with Crippen molar-refractivity contribution >= 4 is 11.4 Å². The molecule has 0 aliphatic heterocycles. The maximum absolute atomic E-state index is 9.53. The van der Waals surface area contributed by atoms with Crippen LogP contribution in [0, 0.1) is 0 Å². The van der Waals surface area contributed by atoms with Gasteiger partial charge in [0.25, 0.3) is 0 Å². The van der Waals surface area contributed by atoms with E-state index in [-0.39, 0.29) is 33.8 Å². The summed E-state index contributed by atoms with van der Waals surface area (Å²) in [6.07, 6.45) is -0.833. The molecule has 0 N–H and O–H groups in total. The van der Waals surface area contributed by atoms with Crippen LogP contribution in [-0.4, -0.2) is 12.2 Å². The summed E-state index contributed by atoms with van der Waals surface area (Å²) in [5.41, 5.74) is 12.6. The average molecular weight is 695 g/mol. The normalized spacial score (nSPS) is 14.9. The Morgan fingerprint density at radius 2 is 0.653 bits per heavy atom. The Balaban J connectivity index is 0.000000837. The van der Waals surface area contributed by atoms with Crippen molar-refractivity contribution in [2.75, 3.05) is 0 Å². The summed E-state index contributed by atoms with van der Waals surface area (Å²) >= 11 is 0. The number of para-hydroxylation sites is 2. The first kappa shape index (κ1) is 42.3. The second-order valence-electron chi connectivity index (χ2n) is 14.6. The van der Waals surface area contributed by atoms with Gasteiger partial charge in [-0.05, 0) is 34.8 Å². The first-order valence-electron chi connectivity index (χ1n) is 17.8. The van der Waals surface area contributed by atoms with Crippen LogP contribution in [0.15, 0.2) is 84.9 Å². The van der Waals surface area contributed by atoms with Crippen molar-refractivity contribution in [2.24, 2.45) is 0 Å². The fraction of sp³-hybridized carbons (Fsp3) is 0.455. The molecule has 0 bridgehead atoms. The van der Waals surface area contributed by atoms with Gasteiger partial charge in [0.2, 0.25) is 0 Å². The Morgan fingerprint density at radius 3 is 0.898 bits per heavy atom. The van der Waals surface area contributed by atoms with Gasteiger partial charge >= 0.3 is 21.7 Å². The summed E-state index contributed by atoms with van der Waals surface area (Å²) in [4.78, 5) is 0. The molecule has 2 atom stereocenters. The second-order valence-corrected chi connectivity index (χ2v) is 14.6. The largest absolute Gasteiger partial charge is 4.00 e. The molecule has 1 aliphatic rings. The molecule has 0 saturated heterocycles. The summed E-state index contributed by atoms with van der Waals surface area (Å²) in [7, 11) is 0. The number of nitrogens with zero attached hydrogens (tertiary/aromatic N) is 2. The van der Waals surface area contributed by atoms with Crippen LogP contribution < -0.4 is 10.2 Å². The molecule has 5 heteroatoms. The molecule has 0 unspecified atom stereocenters. The minimum Gasteiger partial charge on any atom is -0.852 e.